The van der Waals surface area contributed by atoms with Crippen LogP contribution in [0.3, 0.4) is 0 Å². The molecule has 1 aliphatic rings. The summed E-state index contributed by atoms with van der Waals surface area (Å²) >= 11 is 0. The van der Waals surface area contributed by atoms with Crippen LogP contribution in [0.15, 0.2) is 23.8 Å². The third kappa shape index (κ3) is 2.51. The van der Waals surface area contributed by atoms with Gasteiger partial charge in [0.2, 0.25) is 0 Å². The molecule has 1 unspecified atom stereocenters. The Kier molecular flexibility index (Phi) is 2.89. The van der Waals surface area contributed by atoms with Crippen LogP contribution in [0.4, 0.5) is 0 Å². The van der Waals surface area contributed by atoms with E-state index in [1.807, 2.05) is 0 Å². The normalized spacial score (nSPS) is 23.3. The van der Waals surface area contributed by atoms with Gasteiger partial charge in [0.1, 0.15) is 0 Å². The molecule has 0 saturated carbocycles. The van der Waals surface area contributed by atoms with Gasteiger partial charge in [-0.15, -0.1) is 0 Å². The third-order valence-electron chi connectivity index (χ3n) is 2.06. The molecule has 11 heavy (non-hydrogen) atoms. The fourth-order valence-electron chi connectivity index (χ4n) is 1.46. The first kappa shape index (κ1) is 8.54. The maximum absolute atomic E-state index is 4.06. The van der Waals surface area contributed by atoms with E-state index in [1.165, 1.54) is 17.6 Å². The second-order valence-electron chi connectivity index (χ2n) is 3.49. The maximum Gasteiger partial charge on any atom is 0.00204 e. The van der Waals surface area contributed by atoms with Crippen molar-refractivity contribution in [1.82, 2.24) is 5.32 Å². The molecule has 1 heterocycles. The lowest BCUT2D eigenvalue weighted by Gasteiger charge is -2.07. The van der Waals surface area contributed by atoms with E-state index in [1.54, 1.807) is 0 Å². The molecule has 0 aromatic rings. The summed E-state index contributed by atoms with van der Waals surface area (Å²) in [6, 6.07) is 0. The molecule has 1 aliphatic heterocycles. The zero-order valence-corrected chi connectivity index (χ0v) is 7.48. The highest BCUT2D eigenvalue weighted by atomic mass is 14.9. The van der Waals surface area contributed by atoms with Crippen LogP contribution in [0, 0.1) is 5.92 Å². The summed E-state index contributed by atoms with van der Waals surface area (Å²) in [4.78, 5) is 0. The van der Waals surface area contributed by atoms with Crippen molar-refractivity contribution in [1.29, 1.82) is 0 Å². The lowest BCUT2D eigenvalue weighted by atomic mass is 9.98. The molecule has 0 bridgehead atoms. The Hall–Kier alpha value is -0.560. The third-order valence-corrected chi connectivity index (χ3v) is 2.06. The minimum atomic E-state index is 0.685. The van der Waals surface area contributed by atoms with E-state index in [9.17, 15) is 0 Å². The Morgan fingerprint density at radius 1 is 1.55 bits per heavy atom. The van der Waals surface area contributed by atoms with Crippen molar-refractivity contribution in [3.8, 4) is 0 Å². The van der Waals surface area contributed by atoms with Crippen LogP contribution in [-0.4, -0.2) is 13.1 Å². The van der Waals surface area contributed by atoms with Gasteiger partial charge in [-0.05, 0) is 32.7 Å². The van der Waals surface area contributed by atoms with Gasteiger partial charge in [0.05, 0.1) is 0 Å². The highest BCUT2D eigenvalue weighted by molar-refractivity contribution is 5.22. The molecule has 1 rings (SSSR count). The predicted molar refractivity (Wildman–Crippen MR) is 49.5 cm³/mol. The van der Waals surface area contributed by atoms with E-state index < -0.39 is 0 Å². The molecule has 1 heteroatoms. The molecule has 62 valence electrons. The highest BCUT2D eigenvalue weighted by Gasteiger charge is 2.15. The lowest BCUT2D eigenvalue weighted by molar-refractivity contribution is 0.699. The summed E-state index contributed by atoms with van der Waals surface area (Å²) < 4.78 is 0. The number of rotatable bonds is 2. The molecular weight excluding hydrogens is 134 g/mol. The fourth-order valence-corrected chi connectivity index (χ4v) is 1.46. The Morgan fingerprint density at radius 2 is 2.27 bits per heavy atom. The van der Waals surface area contributed by atoms with Crippen molar-refractivity contribution in [3.05, 3.63) is 23.8 Å². The van der Waals surface area contributed by atoms with Gasteiger partial charge in [0.15, 0.2) is 0 Å². The van der Waals surface area contributed by atoms with E-state index in [-0.39, 0.29) is 0 Å². The van der Waals surface area contributed by atoms with E-state index in [0.717, 1.165) is 13.1 Å². The number of hydrogen-bond acceptors (Lipinski definition) is 1. The van der Waals surface area contributed by atoms with Gasteiger partial charge in [0, 0.05) is 6.54 Å². The van der Waals surface area contributed by atoms with Gasteiger partial charge >= 0.3 is 0 Å². The Balaban J connectivity index is 2.47. The Morgan fingerprint density at radius 3 is 2.73 bits per heavy atom. The van der Waals surface area contributed by atoms with Gasteiger partial charge in [-0.2, -0.15) is 0 Å². The van der Waals surface area contributed by atoms with Crippen molar-refractivity contribution in [3.63, 3.8) is 0 Å². The van der Waals surface area contributed by atoms with Gasteiger partial charge in [-0.25, -0.2) is 0 Å². The number of hydrogen-bond donors (Lipinski definition) is 1. The molecule has 0 spiro atoms. The summed E-state index contributed by atoms with van der Waals surface area (Å²) in [5, 5.41) is 3.34. The molecule has 0 aromatic heterocycles. The minimum Gasteiger partial charge on any atom is -0.316 e. The highest BCUT2D eigenvalue weighted by Crippen LogP contribution is 2.18. The summed E-state index contributed by atoms with van der Waals surface area (Å²) in [6.07, 6.45) is 3.44. The first-order chi connectivity index (χ1) is 5.20. The zero-order chi connectivity index (χ0) is 8.27. The largest absolute Gasteiger partial charge is 0.316 e. The predicted octanol–water partition coefficient (Wildman–Crippen LogP) is 2.12. The van der Waals surface area contributed by atoms with Crippen molar-refractivity contribution in [2.24, 2.45) is 5.92 Å². The molecular formula is C10H17N. The molecule has 0 aromatic carbocycles. The molecule has 1 saturated heterocycles. The van der Waals surface area contributed by atoms with Crippen LogP contribution in [0.2, 0.25) is 0 Å². The fraction of sp³-hybridized carbons (Fsp3) is 0.600. The van der Waals surface area contributed by atoms with E-state index in [4.69, 9.17) is 0 Å². The maximum atomic E-state index is 4.06. The second-order valence-corrected chi connectivity index (χ2v) is 3.49. The first-order valence-electron chi connectivity index (χ1n) is 4.24. The van der Waals surface area contributed by atoms with Crippen LogP contribution < -0.4 is 5.32 Å². The summed E-state index contributed by atoms with van der Waals surface area (Å²) in [7, 11) is 0. The van der Waals surface area contributed by atoms with Crippen LogP contribution in [0.25, 0.3) is 0 Å². The molecule has 1 N–H and O–H groups in total. The minimum absolute atomic E-state index is 0.685. The van der Waals surface area contributed by atoms with Crippen molar-refractivity contribution >= 4 is 0 Å². The molecule has 1 nitrogen and oxygen atoms in total. The quantitative estimate of drug-likeness (QED) is 0.596. The van der Waals surface area contributed by atoms with Crippen LogP contribution in [-0.2, 0) is 0 Å². The molecule has 0 aliphatic carbocycles. The number of nitrogens with one attached hydrogen (secondary N) is 1. The van der Waals surface area contributed by atoms with Gasteiger partial charge in [0.25, 0.3) is 0 Å². The Labute approximate surface area is 69.2 Å². The van der Waals surface area contributed by atoms with Crippen LogP contribution in [0.5, 0.6) is 0 Å². The Bertz CT molecular complexity index is 169. The summed E-state index contributed by atoms with van der Waals surface area (Å²) in [6.45, 7) is 10.6. The van der Waals surface area contributed by atoms with Crippen LogP contribution in [0.1, 0.15) is 20.3 Å². The summed E-state index contributed by atoms with van der Waals surface area (Å²) in [5.41, 5.74) is 2.64. The van der Waals surface area contributed by atoms with E-state index in [2.05, 4.69) is 31.8 Å². The van der Waals surface area contributed by atoms with Gasteiger partial charge in [-0.3, -0.25) is 0 Å². The number of allylic oxidation sites excluding steroid dienone is 2. The summed E-state index contributed by atoms with van der Waals surface area (Å²) in [5.74, 6) is 0.685. The topological polar surface area (TPSA) is 12.0 Å². The van der Waals surface area contributed by atoms with Gasteiger partial charge in [-0.1, -0.05) is 23.8 Å². The average Bonchev–Trinajstić information content (AvgIpc) is 2.35. The molecule has 1 atom stereocenters. The second kappa shape index (κ2) is 3.72. The SMILES string of the molecule is C=C(C=C(C)C)C1CCNC1. The molecule has 0 amide bonds. The van der Waals surface area contributed by atoms with Crippen molar-refractivity contribution < 1.29 is 0 Å². The standard InChI is InChI=1S/C10H17N/c1-8(2)6-9(3)10-4-5-11-7-10/h6,10-11H,3-5,7H2,1-2H3. The van der Waals surface area contributed by atoms with Gasteiger partial charge < -0.3 is 5.32 Å². The van der Waals surface area contributed by atoms with Crippen LogP contribution >= 0.6 is 0 Å². The van der Waals surface area contributed by atoms with Crippen molar-refractivity contribution in [2.75, 3.05) is 13.1 Å². The molecule has 0 radical (unpaired) electrons. The lowest BCUT2D eigenvalue weighted by Crippen LogP contribution is -2.09. The van der Waals surface area contributed by atoms with E-state index >= 15 is 0 Å². The van der Waals surface area contributed by atoms with Crippen molar-refractivity contribution in [2.45, 2.75) is 20.3 Å². The first-order valence-corrected chi connectivity index (χ1v) is 4.24. The molecule has 1 fully saturated rings. The average molecular weight is 151 g/mol. The monoisotopic (exact) mass is 151 g/mol. The smallest absolute Gasteiger partial charge is 0.00204 e. The zero-order valence-electron chi connectivity index (χ0n) is 7.48. The van der Waals surface area contributed by atoms with E-state index in [0.29, 0.717) is 5.92 Å².